The zero-order valence-electron chi connectivity index (χ0n) is 7.41. The van der Waals surface area contributed by atoms with Gasteiger partial charge in [0.25, 0.3) is 0 Å². The molecule has 0 atom stereocenters. The highest BCUT2D eigenvalue weighted by Crippen LogP contribution is 2.14. The second-order valence-electron chi connectivity index (χ2n) is 2.76. The first-order valence-corrected chi connectivity index (χ1v) is 4.18. The van der Waals surface area contributed by atoms with Crippen molar-refractivity contribution in [2.24, 2.45) is 0 Å². The van der Waals surface area contributed by atoms with Crippen LogP contribution in [0.3, 0.4) is 0 Å². The molecular weight excluding hydrogens is 158 g/mol. The Morgan fingerprint density at radius 2 is 2.00 bits per heavy atom. The van der Waals surface area contributed by atoms with Gasteiger partial charge >= 0.3 is 0 Å². The van der Waals surface area contributed by atoms with Gasteiger partial charge in [0.1, 0.15) is 5.69 Å². The Morgan fingerprint density at radius 1 is 1.15 bits per heavy atom. The van der Waals surface area contributed by atoms with Crippen molar-refractivity contribution in [1.29, 1.82) is 0 Å². The Morgan fingerprint density at radius 3 is 2.85 bits per heavy atom. The van der Waals surface area contributed by atoms with Crippen LogP contribution in [-0.4, -0.2) is 4.98 Å². The zero-order chi connectivity index (χ0) is 9.10. The SMILES string of the molecule is CC#Cc1nccc2ccccc12. The third-order valence-corrected chi connectivity index (χ3v) is 1.92. The summed E-state index contributed by atoms with van der Waals surface area (Å²) in [6.45, 7) is 1.82. The lowest BCUT2D eigenvalue weighted by molar-refractivity contribution is 1.32. The zero-order valence-corrected chi connectivity index (χ0v) is 7.41. The van der Waals surface area contributed by atoms with Crippen molar-refractivity contribution < 1.29 is 0 Å². The molecule has 0 aliphatic rings. The van der Waals surface area contributed by atoms with Gasteiger partial charge in [-0.1, -0.05) is 30.2 Å². The van der Waals surface area contributed by atoms with Crippen LogP contribution in [0, 0.1) is 11.8 Å². The molecule has 2 rings (SSSR count). The predicted octanol–water partition coefficient (Wildman–Crippen LogP) is 2.61. The number of hydrogen-bond acceptors (Lipinski definition) is 1. The molecule has 0 fully saturated rings. The van der Waals surface area contributed by atoms with E-state index in [2.05, 4.69) is 22.9 Å². The van der Waals surface area contributed by atoms with E-state index in [1.165, 1.54) is 5.39 Å². The van der Waals surface area contributed by atoms with Crippen molar-refractivity contribution in [2.45, 2.75) is 6.92 Å². The quantitative estimate of drug-likeness (QED) is 0.549. The molecule has 0 unspecified atom stereocenters. The maximum absolute atomic E-state index is 4.22. The molecule has 2 aromatic rings. The molecule has 13 heavy (non-hydrogen) atoms. The number of rotatable bonds is 0. The first kappa shape index (κ1) is 7.82. The summed E-state index contributed by atoms with van der Waals surface area (Å²) in [6.07, 6.45) is 1.79. The Hall–Kier alpha value is -1.81. The first-order chi connectivity index (χ1) is 6.42. The van der Waals surface area contributed by atoms with E-state index < -0.39 is 0 Å². The van der Waals surface area contributed by atoms with Gasteiger partial charge in [0.05, 0.1) is 0 Å². The minimum absolute atomic E-state index is 0.862. The molecular formula is C12H9N. The highest BCUT2D eigenvalue weighted by atomic mass is 14.7. The van der Waals surface area contributed by atoms with Gasteiger partial charge in [0.15, 0.2) is 0 Å². The van der Waals surface area contributed by atoms with Gasteiger partial charge in [-0.05, 0) is 24.3 Å². The minimum atomic E-state index is 0.862. The summed E-state index contributed by atoms with van der Waals surface area (Å²) >= 11 is 0. The summed E-state index contributed by atoms with van der Waals surface area (Å²) < 4.78 is 0. The van der Waals surface area contributed by atoms with Crippen molar-refractivity contribution in [3.63, 3.8) is 0 Å². The fraction of sp³-hybridized carbons (Fsp3) is 0.0833. The molecule has 1 heterocycles. The van der Waals surface area contributed by atoms with Gasteiger partial charge < -0.3 is 0 Å². The predicted molar refractivity (Wildman–Crippen MR) is 54.3 cm³/mol. The average molecular weight is 167 g/mol. The van der Waals surface area contributed by atoms with Gasteiger partial charge in [0.2, 0.25) is 0 Å². The van der Waals surface area contributed by atoms with E-state index in [9.17, 15) is 0 Å². The fourth-order valence-electron chi connectivity index (χ4n) is 1.34. The van der Waals surface area contributed by atoms with E-state index in [-0.39, 0.29) is 0 Å². The summed E-state index contributed by atoms with van der Waals surface area (Å²) in [7, 11) is 0. The first-order valence-electron chi connectivity index (χ1n) is 4.18. The summed E-state index contributed by atoms with van der Waals surface area (Å²) in [5.41, 5.74) is 0.862. The molecule has 62 valence electrons. The van der Waals surface area contributed by atoms with Crippen molar-refractivity contribution in [3.05, 3.63) is 42.2 Å². The van der Waals surface area contributed by atoms with E-state index in [1.807, 2.05) is 31.2 Å². The normalized spacial score (nSPS) is 9.31. The molecule has 1 aromatic heterocycles. The van der Waals surface area contributed by atoms with Crippen molar-refractivity contribution in [3.8, 4) is 11.8 Å². The lowest BCUT2D eigenvalue weighted by Crippen LogP contribution is -1.83. The number of nitrogens with zero attached hydrogens (tertiary/aromatic N) is 1. The van der Waals surface area contributed by atoms with Gasteiger partial charge in [-0.15, -0.1) is 0 Å². The van der Waals surface area contributed by atoms with Gasteiger partial charge in [0, 0.05) is 11.6 Å². The molecule has 0 aliphatic carbocycles. The van der Waals surface area contributed by atoms with E-state index in [4.69, 9.17) is 0 Å². The second kappa shape index (κ2) is 3.28. The molecule has 0 bridgehead atoms. The van der Waals surface area contributed by atoms with E-state index >= 15 is 0 Å². The molecule has 1 aromatic carbocycles. The number of fused-ring (bicyclic) bond motifs is 1. The van der Waals surface area contributed by atoms with E-state index in [0.717, 1.165) is 11.1 Å². The van der Waals surface area contributed by atoms with Crippen LogP contribution in [0.5, 0.6) is 0 Å². The van der Waals surface area contributed by atoms with Crippen LogP contribution in [0.25, 0.3) is 10.8 Å². The van der Waals surface area contributed by atoms with Crippen LogP contribution in [0.4, 0.5) is 0 Å². The van der Waals surface area contributed by atoms with Crippen molar-refractivity contribution >= 4 is 10.8 Å². The summed E-state index contributed by atoms with van der Waals surface area (Å²) in [6, 6.07) is 10.1. The molecule has 1 heteroatoms. The summed E-state index contributed by atoms with van der Waals surface area (Å²) in [4.78, 5) is 4.22. The second-order valence-corrected chi connectivity index (χ2v) is 2.76. The molecule has 0 spiro atoms. The standard InChI is InChI=1S/C12H9N/c1-2-5-12-11-7-4-3-6-10(11)8-9-13-12/h3-4,6-9H,1H3. The Kier molecular flexibility index (Phi) is 1.97. The van der Waals surface area contributed by atoms with E-state index in [1.54, 1.807) is 6.20 Å². The Balaban J connectivity index is 2.80. The van der Waals surface area contributed by atoms with Crippen LogP contribution in [0.1, 0.15) is 12.6 Å². The maximum Gasteiger partial charge on any atom is 0.120 e. The van der Waals surface area contributed by atoms with E-state index in [0.29, 0.717) is 0 Å². The number of aromatic nitrogens is 1. The Labute approximate surface area is 77.4 Å². The third-order valence-electron chi connectivity index (χ3n) is 1.92. The van der Waals surface area contributed by atoms with Crippen molar-refractivity contribution in [1.82, 2.24) is 4.98 Å². The summed E-state index contributed by atoms with van der Waals surface area (Å²) in [5.74, 6) is 5.85. The molecule has 0 aliphatic heterocycles. The van der Waals surface area contributed by atoms with Gasteiger partial charge in [-0.3, -0.25) is 0 Å². The molecule has 0 saturated carbocycles. The minimum Gasteiger partial charge on any atom is -0.247 e. The lowest BCUT2D eigenvalue weighted by Gasteiger charge is -1.97. The van der Waals surface area contributed by atoms with Crippen molar-refractivity contribution in [2.75, 3.05) is 0 Å². The smallest absolute Gasteiger partial charge is 0.120 e. The van der Waals surface area contributed by atoms with Crippen LogP contribution in [-0.2, 0) is 0 Å². The molecule has 0 N–H and O–H groups in total. The maximum atomic E-state index is 4.22. The van der Waals surface area contributed by atoms with Crippen LogP contribution in [0.15, 0.2) is 36.5 Å². The van der Waals surface area contributed by atoms with Crippen LogP contribution in [0.2, 0.25) is 0 Å². The molecule has 0 radical (unpaired) electrons. The van der Waals surface area contributed by atoms with Gasteiger partial charge in [-0.2, -0.15) is 0 Å². The van der Waals surface area contributed by atoms with Crippen LogP contribution < -0.4 is 0 Å². The number of benzene rings is 1. The molecule has 0 saturated heterocycles. The molecule has 0 amide bonds. The Bertz CT molecular complexity index is 484. The van der Waals surface area contributed by atoms with Crippen LogP contribution >= 0.6 is 0 Å². The largest absolute Gasteiger partial charge is 0.247 e. The summed E-state index contributed by atoms with van der Waals surface area (Å²) in [5, 5.41) is 2.31. The third kappa shape index (κ3) is 1.39. The monoisotopic (exact) mass is 167 g/mol. The fourth-order valence-corrected chi connectivity index (χ4v) is 1.34. The van der Waals surface area contributed by atoms with Gasteiger partial charge in [-0.25, -0.2) is 4.98 Å². The average Bonchev–Trinajstić information content (AvgIpc) is 2.19. The highest BCUT2D eigenvalue weighted by Gasteiger charge is 1.96. The number of pyridine rings is 1. The topological polar surface area (TPSA) is 12.9 Å². The highest BCUT2D eigenvalue weighted by molar-refractivity contribution is 5.86. The molecule has 1 nitrogen and oxygen atoms in total. The number of hydrogen-bond donors (Lipinski definition) is 0. The lowest BCUT2D eigenvalue weighted by atomic mass is 10.1.